The maximum Gasteiger partial charge on any atom is 0.335 e. The smallest absolute Gasteiger partial charge is 0.335 e. The van der Waals surface area contributed by atoms with E-state index in [1.54, 1.807) is 12.1 Å². The van der Waals surface area contributed by atoms with Gasteiger partial charge in [-0.15, -0.1) is 0 Å². The average Bonchev–Trinajstić information content (AvgIpc) is 2.38. The summed E-state index contributed by atoms with van der Waals surface area (Å²) in [5, 5.41) is 15.7. The van der Waals surface area contributed by atoms with Crippen LogP contribution in [0.4, 0.5) is 5.69 Å². The molecular formula is C14H20N2O2. The first-order valence-corrected chi connectivity index (χ1v) is 6.45. The van der Waals surface area contributed by atoms with Gasteiger partial charge in [-0.2, -0.15) is 0 Å². The van der Waals surface area contributed by atoms with E-state index in [4.69, 9.17) is 5.11 Å². The van der Waals surface area contributed by atoms with E-state index in [1.807, 2.05) is 13.0 Å². The van der Waals surface area contributed by atoms with Crippen molar-refractivity contribution < 1.29 is 9.90 Å². The fourth-order valence-electron chi connectivity index (χ4n) is 2.34. The number of carboxylic acids is 1. The lowest BCUT2D eigenvalue weighted by Crippen LogP contribution is -2.31. The summed E-state index contributed by atoms with van der Waals surface area (Å²) in [6.45, 7) is 5.11. The van der Waals surface area contributed by atoms with Gasteiger partial charge in [-0.3, -0.25) is 0 Å². The lowest BCUT2D eigenvalue weighted by atomic mass is 9.98. The van der Waals surface area contributed by atoms with Crippen molar-refractivity contribution in [1.29, 1.82) is 0 Å². The minimum atomic E-state index is -0.872. The van der Waals surface area contributed by atoms with E-state index in [9.17, 15) is 4.79 Å². The van der Waals surface area contributed by atoms with Crippen LogP contribution in [-0.4, -0.2) is 30.7 Å². The number of carboxylic acid groups (broad SMARTS) is 1. The lowest BCUT2D eigenvalue weighted by Gasteiger charge is -2.23. The molecule has 1 heterocycles. The van der Waals surface area contributed by atoms with E-state index in [0.717, 1.165) is 30.9 Å². The molecule has 0 spiro atoms. The predicted octanol–water partition coefficient (Wildman–Crippen LogP) is 2.10. The SMILES string of the molecule is Cc1cc(C(=O)O)ccc1NCC1CCNCC1. The Morgan fingerprint density at radius 3 is 2.78 bits per heavy atom. The molecule has 2 rings (SSSR count). The third kappa shape index (κ3) is 3.23. The number of piperidine rings is 1. The average molecular weight is 248 g/mol. The van der Waals surface area contributed by atoms with Gasteiger partial charge >= 0.3 is 5.97 Å². The van der Waals surface area contributed by atoms with Gasteiger partial charge in [0.1, 0.15) is 0 Å². The molecule has 1 aromatic carbocycles. The van der Waals surface area contributed by atoms with Crippen molar-refractivity contribution in [2.75, 3.05) is 25.0 Å². The number of benzene rings is 1. The fourth-order valence-corrected chi connectivity index (χ4v) is 2.34. The highest BCUT2D eigenvalue weighted by molar-refractivity contribution is 5.88. The van der Waals surface area contributed by atoms with Gasteiger partial charge in [-0.1, -0.05) is 0 Å². The van der Waals surface area contributed by atoms with Crippen LogP contribution in [0.3, 0.4) is 0 Å². The molecule has 0 amide bonds. The topological polar surface area (TPSA) is 61.4 Å². The molecule has 0 unspecified atom stereocenters. The minimum absolute atomic E-state index is 0.347. The number of aromatic carboxylic acids is 1. The van der Waals surface area contributed by atoms with E-state index in [-0.39, 0.29) is 0 Å². The maximum absolute atomic E-state index is 10.8. The molecule has 1 aromatic rings. The minimum Gasteiger partial charge on any atom is -0.478 e. The molecule has 1 aliphatic heterocycles. The molecule has 3 N–H and O–H groups in total. The normalized spacial score (nSPS) is 16.5. The van der Waals surface area contributed by atoms with Gasteiger partial charge in [0, 0.05) is 12.2 Å². The second-order valence-electron chi connectivity index (χ2n) is 4.91. The Morgan fingerprint density at radius 2 is 2.17 bits per heavy atom. The molecule has 18 heavy (non-hydrogen) atoms. The third-order valence-electron chi connectivity index (χ3n) is 3.51. The maximum atomic E-state index is 10.8. The summed E-state index contributed by atoms with van der Waals surface area (Å²) in [7, 11) is 0. The second kappa shape index (κ2) is 5.87. The first-order chi connectivity index (χ1) is 8.66. The molecule has 0 bridgehead atoms. The quantitative estimate of drug-likeness (QED) is 0.763. The number of carbonyl (C=O) groups is 1. The van der Waals surface area contributed by atoms with Gasteiger partial charge in [0.15, 0.2) is 0 Å². The summed E-state index contributed by atoms with van der Waals surface area (Å²) in [6.07, 6.45) is 2.42. The Hall–Kier alpha value is -1.55. The fraction of sp³-hybridized carbons (Fsp3) is 0.500. The molecule has 0 atom stereocenters. The van der Waals surface area contributed by atoms with Crippen molar-refractivity contribution in [2.45, 2.75) is 19.8 Å². The van der Waals surface area contributed by atoms with Gasteiger partial charge in [0.2, 0.25) is 0 Å². The Bertz CT molecular complexity index is 426. The van der Waals surface area contributed by atoms with E-state index in [2.05, 4.69) is 10.6 Å². The number of hydrogen-bond donors (Lipinski definition) is 3. The number of hydrogen-bond acceptors (Lipinski definition) is 3. The van der Waals surface area contributed by atoms with E-state index < -0.39 is 5.97 Å². The largest absolute Gasteiger partial charge is 0.478 e. The van der Waals surface area contributed by atoms with Crippen LogP contribution in [0.25, 0.3) is 0 Å². The van der Waals surface area contributed by atoms with Crippen LogP contribution in [0.15, 0.2) is 18.2 Å². The first-order valence-electron chi connectivity index (χ1n) is 6.45. The second-order valence-corrected chi connectivity index (χ2v) is 4.91. The molecule has 0 radical (unpaired) electrons. The molecular weight excluding hydrogens is 228 g/mol. The number of aryl methyl sites for hydroxylation is 1. The standard InChI is InChI=1S/C14H20N2O2/c1-10-8-12(14(17)18)2-3-13(10)16-9-11-4-6-15-7-5-11/h2-3,8,11,15-16H,4-7,9H2,1H3,(H,17,18). The van der Waals surface area contributed by atoms with Crippen molar-refractivity contribution in [3.05, 3.63) is 29.3 Å². The Balaban J connectivity index is 1.94. The molecule has 1 fully saturated rings. The van der Waals surface area contributed by atoms with Crippen LogP contribution in [-0.2, 0) is 0 Å². The summed E-state index contributed by atoms with van der Waals surface area (Å²) in [5.41, 5.74) is 2.38. The number of rotatable bonds is 4. The van der Waals surface area contributed by atoms with Gasteiger partial charge in [-0.05, 0) is 62.5 Å². The molecule has 0 aliphatic carbocycles. The van der Waals surface area contributed by atoms with Crippen molar-refractivity contribution >= 4 is 11.7 Å². The molecule has 4 nitrogen and oxygen atoms in total. The van der Waals surface area contributed by atoms with Crippen LogP contribution >= 0.6 is 0 Å². The molecule has 0 saturated carbocycles. The summed E-state index contributed by atoms with van der Waals surface area (Å²) in [4.78, 5) is 10.8. The molecule has 98 valence electrons. The van der Waals surface area contributed by atoms with E-state index in [1.165, 1.54) is 12.8 Å². The summed E-state index contributed by atoms with van der Waals surface area (Å²) in [6, 6.07) is 5.23. The summed E-state index contributed by atoms with van der Waals surface area (Å²) < 4.78 is 0. The Labute approximate surface area is 107 Å². The highest BCUT2D eigenvalue weighted by Crippen LogP contribution is 2.19. The Morgan fingerprint density at radius 1 is 1.44 bits per heavy atom. The molecule has 4 heteroatoms. The number of nitrogens with one attached hydrogen (secondary N) is 2. The van der Waals surface area contributed by atoms with Crippen molar-refractivity contribution in [2.24, 2.45) is 5.92 Å². The molecule has 1 saturated heterocycles. The van der Waals surface area contributed by atoms with E-state index in [0.29, 0.717) is 11.5 Å². The lowest BCUT2D eigenvalue weighted by molar-refractivity contribution is 0.0697. The van der Waals surface area contributed by atoms with Crippen LogP contribution in [0.2, 0.25) is 0 Å². The Kier molecular flexibility index (Phi) is 4.20. The first kappa shape index (κ1) is 12.9. The predicted molar refractivity (Wildman–Crippen MR) is 72.2 cm³/mol. The number of anilines is 1. The highest BCUT2D eigenvalue weighted by atomic mass is 16.4. The van der Waals surface area contributed by atoms with Crippen molar-refractivity contribution in [1.82, 2.24) is 5.32 Å². The van der Waals surface area contributed by atoms with Gasteiger partial charge in [-0.25, -0.2) is 4.79 Å². The van der Waals surface area contributed by atoms with Crippen LogP contribution in [0.5, 0.6) is 0 Å². The zero-order valence-corrected chi connectivity index (χ0v) is 10.7. The van der Waals surface area contributed by atoms with Crippen molar-refractivity contribution in [3.63, 3.8) is 0 Å². The summed E-state index contributed by atoms with van der Waals surface area (Å²) >= 11 is 0. The third-order valence-corrected chi connectivity index (χ3v) is 3.51. The zero-order valence-electron chi connectivity index (χ0n) is 10.7. The highest BCUT2D eigenvalue weighted by Gasteiger charge is 2.13. The molecule has 1 aliphatic rings. The van der Waals surface area contributed by atoms with Gasteiger partial charge in [0.05, 0.1) is 5.56 Å². The van der Waals surface area contributed by atoms with Gasteiger partial charge < -0.3 is 15.7 Å². The monoisotopic (exact) mass is 248 g/mol. The van der Waals surface area contributed by atoms with Crippen LogP contribution < -0.4 is 10.6 Å². The van der Waals surface area contributed by atoms with Crippen molar-refractivity contribution in [3.8, 4) is 0 Å². The zero-order chi connectivity index (χ0) is 13.0. The summed E-state index contributed by atoms with van der Waals surface area (Å²) in [5.74, 6) is -0.159. The van der Waals surface area contributed by atoms with Crippen LogP contribution in [0.1, 0.15) is 28.8 Å². The molecule has 0 aromatic heterocycles. The van der Waals surface area contributed by atoms with Crippen LogP contribution in [0, 0.1) is 12.8 Å². The van der Waals surface area contributed by atoms with E-state index >= 15 is 0 Å². The van der Waals surface area contributed by atoms with Gasteiger partial charge in [0.25, 0.3) is 0 Å².